The van der Waals surface area contributed by atoms with Crippen molar-refractivity contribution in [2.24, 2.45) is 0 Å². The van der Waals surface area contributed by atoms with Crippen LogP contribution in [0, 0.1) is 6.92 Å². The van der Waals surface area contributed by atoms with Crippen molar-refractivity contribution in [3.05, 3.63) is 29.8 Å². The Hall–Kier alpha value is -0.790. The highest BCUT2D eigenvalue weighted by Crippen LogP contribution is 2.49. The lowest BCUT2D eigenvalue weighted by atomic mass is 10.2. The van der Waals surface area contributed by atoms with Crippen LogP contribution in [0.3, 0.4) is 0 Å². The first-order valence-corrected chi connectivity index (χ1v) is 10.3. The molecule has 1 atom stereocenters. The van der Waals surface area contributed by atoms with E-state index in [1.807, 2.05) is 31.2 Å². The summed E-state index contributed by atoms with van der Waals surface area (Å²) in [6, 6.07) is 7.67. The van der Waals surface area contributed by atoms with Crippen LogP contribution >= 0.6 is 7.60 Å². The van der Waals surface area contributed by atoms with E-state index in [1.54, 1.807) is 0 Å². The van der Waals surface area contributed by atoms with Crippen LogP contribution in [0.15, 0.2) is 24.3 Å². The second-order valence-electron chi connectivity index (χ2n) is 5.79. The largest absolute Gasteiger partial charge is 0.424 e. The maximum atomic E-state index is 12.9. The van der Waals surface area contributed by atoms with Gasteiger partial charge in [0.1, 0.15) is 5.75 Å². The Morgan fingerprint density at radius 3 is 2.32 bits per heavy atom. The molecule has 0 aromatic heterocycles. The minimum atomic E-state index is -3.04. The van der Waals surface area contributed by atoms with E-state index in [2.05, 4.69) is 13.8 Å². The van der Waals surface area contributed by atoms with Gasteiger partial charge in [-0.25, -0.2) is 4.57 Å². The molecule has 1 aromatic rings. The van der Waals surface area contributed by atoms with Crippen molar-refractivity contribution >= 4 is 7.60 Å². The van der Waals surface area contributed by atoms with Crippen molar-refractivity contribution in [3.8, 4) is 5.75 Å². The molecule has 1 unspecified atom stereocenters. The lowest BCUT2D eigenvalue weighted by molar-refractivity contribution is 0.256. The maximum absolute atomic E-state index is 12.9. The Bertz CT molecular complexity index is 459. The van der Waals surface area contributed by atoms with Gasteiger partial charge in [-0.1, -0.05) is 64.2 Å². The molecule has 0 amide bonds. The van der Waals surface area contributed by atoms with Gasteiger partial charge in [-0.2, -0.15) is 0 Å². The third-order valence-corrected chi connectivity index (χ3v) is 5.57. The monoisotopic (exact) mass is 326 g/mol. The number of benzene rings is 1. The van der Waals surface area contributed by atoms with Gasteiger partial charge in [0.15, 0.2) is 0 Å². The first kappa shape index (κ1) is 19.3. The van der Waals surface area contributed by atoms with Gasteiger partial charge in [0.25, 0.3) is 0 Å². The number of rotatable bonds is 12. The van der Waals surface area contributed by atoms with E-state index < -0.39 is 7.60 Å². The molecule has 1 aromatic carbocycles. The lowest BCUT2D eigenvalue weighted by Gasteiger charge is -2.20. The quantitative estimate of drug-likeness (QED) is 0.331. The molecule has 0 radical (unpaired) electrons. The number of hydrogen-bond donors (Lipinski definition) is 0. The Labute approximate surface area is 136 Å². The Morgan fingerprint density at radius 1 is 0.955 bits per heavy atom. The third-order valence-electron chi connectivity index (χ3n) is 3.65. The van der Waals surface area contributed by atoms with Gasteiger partial charge in [0.05, 0.1) is 12.8 Å². The highest BCUT2D eigenvalue weighted by atomic mass is 31.2. The van der Waals surface area contributed by atoms with E-state index in [1.165, 1.54) is 19.3 Å². The normalized spacial score (nSPS) is 13.8. The summed E-state index contributed by atoms with van der Waals surface area (Å²) >= 11 is 0. The zero-order valence-corrected chi connectivity index (χ0v) is 15.2. The minimum absolute atomic E-state index is 0.493. The standard InChI is InChI=1S/C18H31O3P/c1-4-6-8-9-12-15-20-22(19,16-7-5-2)21-18-14-11-10-13-17(18)3/h10-11,13-14H,4-9,12,15-16H2,1-3H3. The Morgan fingerprint density at radius 2 is 1.64 bits per heavy atom. The van der Waals surface area contributed by atoms with Crippen molar-refractivity contribution < 1.29 is 13.6 Å². The van der Waals surface area contributed by atoms with E-state index >= 15 is 0 Å². The van der Waals surface area contributed by atoms with E-state index in [-0.39, 0.29) is 0 Å². The SMILES string of the molecule is CCCCCCCOP(=O)(CCCC)Oc1ccccc1C. The third kappa shape index (κ3) is 7.47. The number of unbranched alkanes of at least 4 members (excludes halogenated alkanes) is 5. The van der Waals surface area contributed by atoms with Crippen LogP contribution in [0.25, 0.3) is 0 Å². The topological polar surface area (TPSA) is 35.5 Å². The molecular weight excluding hydrogens is 295 g/mol. The maximum Gasteiger partial charge on any atom is 0.379 e. The first-order valence-electron chi connectivity index (χ1n) is 8.60. The van der Waals surface area contributed by atoms with Crippen LogP contribution in [0.4, 0.5) is 0 Å². The van der Waals surface area contributed by atoms with Crippen LogP contribution in [-0.4, -0.2) is 12.8 Å². The molecule has 0 heterocycles. The average Bonchev–Trinajstić information content (AvgIpc) is 2.51. The predicted octanol–water partition coefficient (Wildman–Crippen LogP) is 6.35. The number of hydrogen-bond acceptors (Lipinski definition) is 3. The molecule has 0 fully saturated rings. The smallest absolute Gasteiger partial charge is 0.379 e. The highest BCUT2D eigenvalue weighted by Gasteiger charge is 2.25. The van der Waals surface area contributed by atoms with E-state index in [0.29, 0.717) is 18.5 Å². The summed E-state index contributed by atoms with van der Waals surface area (Å²) in [5.41, 5.74) is 0.991. The average molecular weight is 326 g/mol. The molecule has 0 spiro atoms. The molecule has 0 aliphatic rings. The molecule has 3 nitrogen and oxygen atoms in total. The summed E-state index contributed by atoms with van der Waals surface area (Å²) in [5, 5.41) is 0. The summed E-state index contributed by atoms with van der Waals surface area (Å²) in [7, 11) is -3.04. The zero-order chi connectivity index (χ0) is 16.3. The minimum Gasteiger partial charge on any atom is -0.424 e. The van der Waals surface area contributed by atoms with Crippen molar-refractivity contribution in [2.75, 3.05) is 12.8 Å². The molecule has 0 bridgehead atoms. The van der Waals surface area contributed by atoms with Gasteiger partial charge in [-0.05, 0) is 31.4 Å². The molecule has 0 N–H and O–H groups in total. The van der Waals surface area contributed by atoms with E-state index in [9.17, 15) is 4.57 Å². The molecule has 0 saturated heterocycles. The molecule has 1 rings (SSSR count). The summed E-state index contributed by atoms with van der Waals surface area (Å²) in [5.74, 6) is 0.674. The van der Waals surface area contributed by atoms with Crippen LogP contribution in [0.5, 0.6) is 5.75 Å². The first-order chi connectivity index (χ1) is 10.6. The number of para-hydroxylation sites is 1. The second kappa shape index (κ2) is 10.9. The summed E-state index contributed by atoms with van der Waals surface area (Å²) in [6.07, 6.45) is 8.13. The van der Waals surface area contributed by atoms with E-state index in [4.69, 9.17) is 9.05 Å². The summed E-state index contributed by atoms with van der Waals surface area (Å²) in [4.78, 5) is 0. The van der Waals surface area contributed by atoms with Crippen molar-refractivity contribution in [3.63, 3.8) is 0 Å². The van der Waals surface area contributed by atoms with Crippen LogP contribution in [0.1, 0.15) is 64.4 Å². The molecule has 0 aliphatic heterocycles. The van der Waals surface area contributed by atoms with Gasteiger partial charge in [0.2, 0.25) is 0 Å². The van der Waals surface area contributed by atoms with Gasteiger partial charge < -0.3 is 4.52 Å². The molecule has 0 saturated carbocycles. The fourth-order valence-corrected chi connectivity index (χ4v) is 4.09. The second-order valence-corrected chi connectivity index (χ2v) is 7.90. The lowest BCUT2D eigenvalue weighted by Crippen LogP contribution is -2.05. The van der Waals surface area contributed by atoms with Gasteiger partial charge in [-0.15, -0.1) is 0 Å². The highest BCUT2D eigenvalue weighted by molar-refractivity contribution is 7.54. The predicted molar refractivity (Wildman–Crippen MR) is 93.9 cm³/mol. The van der Waals surface area contributed by atoms with Crippen molar-refractivity contribution in [2.45, 2.75) is 65.7 Å². The zero-order valence-electron chi connectivity index (χ0n) is 14.3. The van der Waals surface area contributed by atoms with E-state index in [0.717, 1.165) is 31.2 Å². The number of aryl methyl sites for hydroxylation is 1. The summed E-state index contributed by atoms with van der Waals surface area (Å²) in [6.45, 7) is 6.77. The van der Waals surface area contributed by atoms with Crippen LogP contribution in [-0.2, 0) is 9.09 Å². The molecule has 126 valence electrons. The van der Waals surface area contributed by atoms with Gasteiger partial charge in [-0.3, -0.25) is 4.52 Å². The molecule has 22 heavy (non-hydrogen) atoms. The molecule has 0 aliphatic carbocycles. The Balaban J connectivity index is 2.54. The van der Waals surface area contributed by atoms with Crippen LogP contribution in [0.2, 0.25) is 0 Å². The van der Waals surface area contributed by atoms with Gasteiger partial charge >= 0.3 is 7.60 Å². The molecule has 4 heteroatoms. The summed E-state index contributed by atoms with van der Waals surface area (Å²) < 4.78 is 24.4. The van der Waals surface area contributed by atoms with Crippen molar-refractivity contribution in [1.82, 2.24) is 0 Å². The van der Waals surface area contributed by atoms with Gasteiger partial charge in [0, 0.05) is 0 Å². The Kier molecular flexibility index (Phi) is 9.50. The fourth-order valence-electron chi connectivity index (χ4n) is 2.21. The fraction of sp³-hybridized carbons (Fsp3) is 0.667. The molecular formula is C18H31O3P. The van der Waals surface area contributed by atoms with Crippen LogP contribution < -0.4 is 4.52 Å². The van der Waals surface area contributed by atoms with Crippen molar-refractivity contribution in [1.29, 1.82) is 0 Å².